The lowest BCUT2D eigenvalue weighted by molar-refractivity contribution is 0.0545. The van der Waals surface area contributed by atoms with Gasteiger partial charge in [0.25, 0.3) is 5.91 Å². The first kappa shape index (κ1) is 20.7. The maximum atomic E-state index is 12.9. The van der Waals surface area contributed by atoms with Gasteiger partial charge in [0.15, 0.2) is 0 Å². The minimum atomic E-state index is 0.118. The molecule has 2 aliphatic rings. The Morgan fingerprint density at radius 2 is 1.77 bits per heavy atom. The monoisotopic (exact) mass is 409 g/mol. The normalized spacial score (nSPS) is 22.2. The fourth-order valence-electron chi connectivity index (χ4n) is 4.17. The van der Waals surface area contributed by atoms with Crippen LogP contribution in [0.5, 0.6) is 5.75 Å². The van der Waals surface area contributed by atoms with Gasteiger partial charge < -0.3 is 14.5 Å². The van der Waals surface area contributed by atoms with E-state index in [4.69, 9.17) is 4.74 Å². The van der Waals surface area contributed by atoms with Crippen molar-refractivity contribution in [2.45, 2.75) is 18.6 Å². The molecule has 2 aromatic rings. The van der Waals surface area contributed by atoms with Crippen molar-refractivity contribution in [1.29, 1.82) is 0 Å². The highest BCUT2D eigenvalue weighted by molar-refractivity contribution is 5.95. The lowest BCUT2D eigenvalue weighted by atomic mass is 10.0. The number of anilines is 1. The zero-order valence-corrected chi connectivity index (χ0v) is 18.0. The van der Waals surface area contributed by atoms with Gasteiger partial charge in [0.05, 0.1) is 13.3 Å². The number of methoxy groups -OCH3 is 1. The van der Waals surface area contributed by atoms with Crippen molar-refractivity contribution in [2.24, 2.45) is 0 Å². The summed E-state index contributed by atoms with van der Waals surface area (Å²) in [5.74, 6) is 0.991. The highest BCUT2D eigenvalue weighted by atomic mass is 16.5. The average molecular weight is 410 g/mol. The Labute approximate surface area is 178 Å². The first-order valence-electron chi connectivity index (χ1n) is 10.5. The van der Waals surface area contributed by atoms with Gasteiger partial charge in [-0.05, 0) is 42.3 Å². The number of hydrogen-bond donors (Lipinski definition) is 2. The molecule has 2 fully saturated rings. The number of carbonyl (C=O) groups excluding carboxylic acids is 1. The van der Waals surface area contributed by atoms with Gasteiger partial charge in [0, 0.05) is 57.6 Å². The Kier molecular flexibility index (Phi) is 6.22. The zero-order chi connectivity index (χ0) is 21.1. The number of ether oxygens (including phenoxy) is 1. The molecular weight excluding hydrogens is 378 g/mol. The predicted molar refractivity (Wildman–Crippen MR) is 119 cm³/mol. The maximum absolute atomic E-state index is 12.9. The van der Waals surface area contributed by atoms with E-state index in [1.54, 1.807) is 7.11 Å². The molecule has 2 heterocycles. The van der Waals surface area contributed by atoms with Gasteiger partial charge in [-0.15, -0.1) is 0 Å². The molecule has 2 unspecified atom stereocenters. The van der Waals surface area contributed by atoms with Crippen LogP contribution in [-0.4, -0.2) is 69.3 Å². The SMILES string of the molecule is COc1ccc(C2CC(N3CCN(C(=O)c4cccc(N(C)C)c4)CC3)NN2)cc1. The van der Waals surface area contributed by atoms with E-state index in [1.165, 1.54) is 5.56 Å². The average Bonchev–Trinajstić information content (AvgIpc) is 3.29. The first-order chi connectivity index (χ1) is 14.5. The fraction of sp³-hybridized carbons (Fsp3) is 0.435. The van der Waals surface area contributed by atoms with Crippen LogP contribution in [0, 0.1) is 0 Å². The Hall–Kier alpha value is -2.61. The summed E-state index contributed by atoms with van der Waals surface area (Å²) in [6.07, 6.45) is 1.26. The number of nitrogens with one attached hydrogen (secondary N) is 2. The van der Waals surface area contributed by atoms with E-state index in [-0.39, 0.29) is 18.1 Å². The summed E-state index contributed by atoms with van der Waals surface area (Å²) in [4.78, 5) is 19.4. The van der Waals surface area contributed by atoms with E-state index in [0.717, 1.165) is 49.6 Å². The third-order valence-electron chi connectivity index (χ3n) is 6.05. The molecule has 0 spiro atoms. The van der Waals surface area contributed by atoms with Crippen LogP contribution in [0.2, 0.25) is 0 Å². The Morgan fingerprint density at radius 3 is 2.43 bits per heavy atom. The van der Waals surface area contributed by atoms with E-state index in [0.29, 0.717) is 0 Å². The fourth-order valence-corrected chi connectivity index (χ4v) is 4.17. The van der Waals surface area contributed by atoms with Crippen molar-refractivity contribution < 1.29 is 9.53 Å². The predicted octanol–water partition coefficient (Wildman–Crippen LogP) is 2.08. The smallest absolute Gasteiger partial charge is 0.254 e. The second-order valence-corrected chi connectivity index (χ2v) is 8.14. The van der Waals surface area contributed by atoms with Gasteiger partial charge in [-0.3, -0.25) is 9.69 Å². The van der Waals surface area contributed by atoms with E-state index >= 15 is 0 Å². The topological polar surface area (TPSA) is 60.1 Å². The van der Waals surface area contributed by atoms with Crippen molar-refractivity contribution in [1.82, 2.24) is 20.7 Å². The van der Waals surface area contributed by atoms with Gasteiger partial charge >= 0.3 is 0 Å². The summed E-state index contributed by atoms with van der Waals surface area (Å²) in [7, 11) is 5.66. The van der Waals surface area contributed by atoms with Crippen LogP contribution in [0.1, 0.15) is 28.4 Å². The second kappa shape index (κ2) is 9.04. The van der Waals surface area contributed by atoms with E-state index < -0.39 is 0 Å². The summed E-state index contributed by atoms with van der Waals surface area (Å²) in [6, 6.07) is 16.3. The van der Waals surface area contributed by atoms with Crippen LogP contribution < -0.4 is 20.5 Å². The quantitative estimate of drug-likeness (QED) is 0.789. The third kappa shape index (κ3) is 4.43. The summed E-state index contributed by atoms with van der Waals surface area (Å²) in [5, 5.41) is 0. The number of hydrazine groups is 1. The summed E-state index contributed by atoms with van der Waals surface area (Å²) < 4.78 is 5.25. The number of nitrogens with zero attached hydrogens (tertiary/aromatic N) is 3. The molecule has 0 bridgehead atoms. The van der Waals surface area contributed by atoms with Crippen LogP contribution in [-0.2, 0) is 0 Å². The van der Waals surface area contributed by atoms with Gasteiger partial charge in [0.1, 0.15) is 5.75 Å². The minimum Gasteiger partial charge on any atom is -0.497 e. The molecule has 2 aromatic carbocycles. The van der Waals surface area contributed by atoms with Crippen molar-refractivity contribution >= 4 is 11.6 Å². The van der Waals surface area contributed by atoms with Crippen molar-refractivity contribution in [3.63, 3.8) is 0 Å². The van der Waals surface area contributed by atoms with Gasteiger partial charge in [-0.25, -0.2) is 10.9 Å². The van der Waals surface area contributed by atoms with Crippen molar-refractivity contribution in [2.75, 3.05) is 52.3 Å². The summed E-state index contributed by atoms with van der Waals surface area (Å²) in [6.45, 7) is 3.23. The summed E-state index contributed by atoms with van der Waals surface area (Å²) in [5.41, 5.74) is 9.91. The standard InChI is InChI=1S/C23H31N5O2/c1-26(2)19-6-4-5-18(15-19)23(29)28-13-11-27(12-14-28)22-16-21(24-25-22)17-7-9-20(30-3)10-8-17/h4-10,15,21-22,24-25H,11-14,16H2,1-3H3. The van der Waals surface area contributed by atoms with Gasteiger partial charge in [-0.1, -0.05) is 18.2 Å². The molecule has 30 heavy (non-hydrogen) atoms. The third-order valence-corrected chi connectivity index (χ3v) is 6.05. The molecule has 2 aliphatic heterocycles. The van der Waals surface area contributed by atoms with Crippen molar-refractivity contribution in [3.8, 4) is 5.75 Å². The molecule has 0 aliphatic carbocycles. The molecule has 7 heteroatoms. The molecule has 1 amide bonds. The number of amides is 1. The number of piperazine rings is 1. The summed E-state index contributed by atoms with van der Waals surface area (Å²) >= 11 is 0. The molecule has 2 saturated heterocycles. The van der Waals surface area contributed by atoms with Gasteiger partial charge in [-0.2, -0.15) is 0 Å². The van der Waals surface area contributed by atoms with Crippen LogP contribution in [0.4, 0.5) is 5.69 Å². The van der Waals surface area contributed by atoms with E-state index in [1.807, 2.05) is 60.3 Å². The molecule has 0 saturated carbocycles. The van der Waals surface area contributed by atoms with Crippen LogP contribution >= 0.6 is 0 Å². The number of hydrogen-bond acceptors (Lipinski definition) is 6. The minimum absolute atomic E-state index is 0.118. The lowest BCUT2D eigenvalue weighted by Crippen LogP contribution is -2.55. The molecule has 0 aromatic heterocycles. The molecule has 2 atom stereocenters. The molecule has 0 radical (unpaired) electrons. The second-order valence-electron chi connectivity index (χ2n) is 8.14. The first-order valence-corrected chi connectivity index (χ1v) is 10.5. The molecular formula is C23H31N5O2. The number of rotatable bonds is 5. The highest BCUT2D eigenvalue weighted by Gasteiger charge is 2.32. The molecule has 4 rings (SSSR count). The Balaban J connectivity index is 1.31. The highest BCUT2D eigenvalue weighted by Crippen LogP contribution is 2.26. The number of benzene rings is 2. The van der Waals surface area contributed by atoms with Crippen LogP contribution in [0.3, 0.4) is 0 Å². The number of carbonyl (C=O) groups is 1. The van der Waals surface area contributed by atoms with Crippen LogP contribution in [0.15, 0.2) is 48.5 Å². The zero-order valence-electron chi connectivity index (χ0n) is 18.0. The van der Waals surface area contributed by atoms with Crippen LogP contribution in [0.25, 0.3) is 0 Å². The maximum Gasteiger partial charge on any atom is 0.254 e. The van der Waals surface area contributed by atoms with Crippen molar-refractivity contribution in [3.05, 3.63) is 59.7 Å². The van der Waals surface area contributed by atoms with E-state index in [2.05, 4.69) is 27.9 Å². The van der Waals surface area contributed by atoms with E-state index in [9.17, 15) is 4.79 Å². The lowest BCUT2D eigenvalue weighted by Gasteiger charge is -2.37. The Morgan fingerprint density at radius 1 is 1.03 bits per heavy atom. The molecule has 2 N–H and O–H groups in total. The molecule has 7 nitrogen and oxygen atoms in total. The molecule has 160 valence electrons. The Bertz CT molecular complexity index is 862. The van der Waals surface area contributed by atoms with Gasteiger partial charge in [0.2, 0.25) is 0 Å². The largest absolute Gasteiger partial charge is 0.497 e.